The highest BCUT2D eigenvalue weighted by atomic mass is 16.5. The zero-order valence-electron chi connectivity index (χ0n) is 12.6. The van der Waals surface area contributed by atoms with Crippen molar-refractivity contribution in [3.05, 3.63) is 23.9 Å². The van der Waals surface area contributed by atoms with Crippen molar-refractivity contribution in [2.24, 2.45) is 0 Å². The Balaban J connectivity index is 1.73. The van der Waals surface area contributed by atoms with Crippen molar-refractivity contribution in [2.75, 3.05) is 33.9 Å². The standard InChI is InChI=1S/C15H25N3O2/c1-12-8-14(11-18(12)2)16-9-13-4-5-15(17-10-13)20-7-6-19-3/h4-5,10,12,14,16H,6-9,11H2,1-3H3. The van der Waals surface area contributed by atoms with Crippen molar-refractivity contribution < 1.29 is 9.47 Å². The van der Waals surface area contributed by atoms with Crippen molar-refractivity contribution >= 4 is 0 Å². The molecule has 1 aromatic heterocycles. The average molecular weight is 279 g/mol. The van der Waals surface area contributed by atoms with E-state index in [2.05, 4.69) is 35.2 Å². The first-order valence-electron chi connectivity index (χ1n) is 7.19. The summed E-state index contributed by atoms with van der Waals surface area (Å²) in [6.45, 7) is 5.37. The summed E-state index contributed by atoms with van der Waals surface area (Å²) < 4.78 is 10.4. The lowest BCUT2D eigenvalue weighted by Crippen LogP contribution is -2.31. The molecule has 0 spiro atoms. The van der Waals surface area contributed by atoms with Crippen molar-refractivity contribution in [3.8, 4) is 5.88 Å². The molecule has 0 bridgehead atoms. The molecule has 1 saturated heterocycles. The Morgan fingerprint density at radius 1 is 1.40 bits per heavy atom. The first kappa shape index (κ1) is 15.2. The third-order valence-electron chi connectivity index (χ3n) is 3.82. The van der Waals surface area contributed by atoms with Gasteiger partial charge in [0.1, 0.15) is 6.61 Å². The Bertz CT molecular complexity index is 387. The maximum Gasteiger partial charge on any atom is 0.213 e. The predicted molar refractivity (Wildman–Crippen MR) is 78.9 cm³/mol. The van der Waals surface area contributed by atoms with Crippen LogP contribution in [0.5, 0.6) is 5.88 Å². The molecule has 2 unspecified atom stereocenters. The summed E-state index contributed by atoms with van der Waals surface area (Å²) in [5.41, 5.74) is 1.19. The SMILES string of the molecule is COCCOc1ccc(CNC2CC(C)N(C)C2)cn1. The van der Waals surface area contributed by atoms with Crippen LogP contribution in [0.4, 0.5) is 0 Å². The van der Waals surface area contributed by atoms with E-state index in [0.717, 1.165) is 13.1 Å². The van der Waals surface area contributed by atoms with Gasteiger partial charge < -0.3 is 19.7 Å². The molecule has 0 aliphatic carbocycles. The van der Waals surface area contributed by atoms with E-state index < -0.39 is 0 Å². The van der Waals surface area contributed by atoms with Gasteiger partial charge in [0.2, 0.25) is 5.88 Å². The second-order valence-electron chi connectivity index (χ2n) is 5.45. The predicted octanol–water partition coefficient (Wildman–Crippen LogP) is 1.29. The van der Waals surface area contributed by atoms with E-state index in [1.54, 1.807) is 7.11 Å². The van der Waals surface area contributed by atoms with Crippen LogP contribution in [0.15, 0.2) is 18.3 Å². The second kappa shape index (κ2) is 7.57. The Morgan fingerprint density at radius 2 is 2.25 bits per heavy atom. The third kappa shape index (κ3) is 4.44. The van der Waals surface area contributed by atoms with E-state index in [4.69, 9.17) is 9.47 Å². The highest BCUT2D eigenvalue weighted by molar-refractivity contribution is 5.17. The molecule has 1 aliphatic heterocycles. The number of hydrogen-bond acceptors (Lipinski definition) is 5. The largest absolute Gasteiger partial charge is 0.475 e. The van der Waals surface area contributed by atoms with Gasteiger partial charge in [0.15, 0.2) is 0 Å². The lowest BCUT2D eigenvalue weighted by molar-refractivity contribution is 0.143. The highest BCUT2D eigenvalue weighted by Crippen LogP contribution is 2.15. The van der Waals surface area contributed by atoms with Gasteiger partial charge in [0.05, 0.1) is 6.61 Å². The van der Waals surface area contributed by atoms with Crippen molar-refractivity contribution in [2.45, 2.75) is 32.0 Å². The first-order chi connectivity index (χ1) is 9.69. The zero-order valence-corrected chi connectivity index (χ0v) is 12.6. The molecule has 0 aromatic carbocycles. The molecule has 0 amide bonds. The van der Waals surface area contributed by atoms with E-state index in [1.165, 1.54) is 12.0 Å². The number of hydrogen-bond donors (Lipinski definition) is 1. The number of nitrogens with zero attached hydrogens (tertiary/aromatic N) is 2. The minimum Gasteiger partial charge on any atom is -0.475 e. The van der Waals surface area contributed by atoms with Crippen LogP contribution in [0, 0.1) is 0 Å². The van der Waals surface area contributed by atoms with E-state index >= 15 is 0 Å². The van der Waals surface area contributed by atoms with Crippen LogP contribution in [-0.2, 0) is 11.3 Å². The Morgan fingerprint density at radius 3 is 2.85 bits per heavy atom. The van der Waals surface area contributed by atoms with Crippen LogP contribution in [-0.4, -0.2) is 55.9 Å². The van der Waals surface area contributed by atoms with E-state index in [-0.39, 0.29) is 0 Å². The summed E-state index contributed by atoms with van der Waals surface area (Å²) in [5, 5.41) is 3.59. The molecule has 2 heterocycles. The lowest BCUT2D eigenvalue weighted by Gasteiger charge is -2.13. The molecule has 1 aromatic rings. The fourth-order valence-corrected chi connectivity index (χ4v) is 2.43. The number of methoxy groups -OCH3 is 1. The van der Waals surface area contributed by atoms with Crippen molar-refractivity contribution in [3.63, 3.8) is 0 Å². The maximum atomic E-state index is 5.44. The smallest absolute Gasteiger partial charge is 0.213 e. The third-order valence-corrected chi connectivity index (χ3v) is 3.82. The second-order valence-corrected chi connectivity index (χ2v) is 5.45. The Hall–Kier alpha value is -1.17. The van der Waals surface area contributed by atoms with Crippen LogP contribution in [0.1, 0.15) is 18.9 Å². The highest BCUT2D eigenvalue weighted by Gasteiger charge is 2.25. The van der Waals surface area contributed by atoms with Gasteiger partial charge in [-0.25, -0.2) is 4.98 Å². The number of ether oxygens (including phenoxy) is 2. The molecule has 2 atom stereocenters. The van der Waals surface area contributed by atoms with Gasteiger partial charge in [-0.1, -0.05) is 6.07 Å². The van der Waals surface area contributed by atoms with Gasteiger partial charge in [-0.3, -0.25) is 0 Å². The first-order valence-corrected chi connectivity index (χ1v) is 7.19. The van der Waals surface area contributed by atoms with Crippen LogP contribution < -0.4 is 10.1 Å². The summed E-state index contributed by atoms with van der Waals surface area (Å²) in [6.07, 6.45) is 3.08. The molecule has 20 heavy (non-hydrogen) atoms. The van der Waals surface area contributed by atoms with Gasteiger partial charge >= 0.3 is 0 Å². The minimum absolute atomic E-state index is 0.535. The molecule has 1 aliphatic rings. The molecule has 2 rings (SSSR count). The summed E-state index contributed by atoms with van der Waals surface area (Å²) in [5.74, 6) is 0.653. The van der Waals surface area contributed by atoms with Gasteiger partial charge in [-0.05, 0) is 26.0 Å². The fraction of sp³-hybridized carbons (Fsp3) is 0.667. The van der Waals surface area contributed by atoms with Gasteiger partial charge in [-0.2, -0.15) is 0 Å². The molecule has 1 fully saturated rings. The Labute approximate surface area is 121 Å². The average Bonchev–Trinajstić information content (AvgIpc) is 2.77. The monoisotopic (exact) mass is 279 g/mol. The van der Waals surface area contributed by atoms with Crippen LogP contribution in [0.3, 0.4) is 0 Å². The zero-order chi connectivity index (χ0) is 14.4. The summed E-state index contributed by atoms with van der Waals surface area (Å²) in [4.78, 5) is 6.69. The van der Waals surface area contributed by atoms with Crippen LogP contribution in [0.25, 0.3) is 0 Å². The molecule has 0 saturated carbocycles. The number of likely N-dealkylation sites (tertiary alicyclic amines) is 1. The van der Waals surface area contributed by atoms with Crippen LogP contribution in [0.2, 0.25) is 0 Å². The van der Waals surface area contributed by atoms with Gasteiger partial charge in [0.25, 0.3) is 0 Å². The topological polar surface area (TPSA) is 46.6 Å². The maximum absolute atomic E-state index is 5.44. The summed E-state index contributed by atoms with van der Waals surface area (Å²) in [6, 6.07) is 5.22. The lowest BCUT2D eigenvalue weighted by atomic mass is 10.2. The fourth-order valence-electron chi connectivity index (χ4n) is 2.43. The summed E-state index contributed by atoms with van der Waals surface area (Å²) >= 11 is 0. The number of rotatable bonds is 7. The summed E-state index contributed by atoms with van der Waals surface area (Å²) in [7, 11) is 3.84. The van der Waals surface area contributed by atoms with Crippen molar-refractivity contribution in [1.29, 1.82) is 0 Å². The molecular formula is C15H25N3O2. The van der Waals surface area contributed by atoms with E-state index in [0.29, 0.717) is 31.2 Å². The minimum atomic E-state index is 0.535. The molecule has 5 nitrogen and oxygen atoms in total. The number of nitrogens with one attached hydrogen (secondary N) is 1. The molecular weight excluding hydrogens is 254 g/mol. The number of aromatic nitrogens is 1. The molecule has 5 heteroatoms. The van der Waals surface area contributed by atoms with Gasteiger partial charge in [-0.15, -0.1) is 0 Å². The van der Waals surface area contributed by atoms with E-state index in [9.17, 15) is 0 Å². The number of pyridine rings is 1. The van der Waals surface area contributed by atoms with E-state index in [1.807, 2.05) is 12.3 Å². The molecule has 0 radical (unpaired) electrons. The Kier molecular flexibility index (Phi) is 5.76. The quantitative estimate of drug-likeness (QED) is 0.762. The molecule has 112 valence electrons. The van der Waals surface area contributed by atoms with Crippen LogP contribution >= 0.6 is 0 Å². The molecule has 1 N–H and O–H groups in total. The number of likely N-dealkylation sites (N-methyl/N-ethyl adjacent to an activating group) is 1. The normalized spacial score (nSPS) is 23.1. The van der Waals surface area contributed by atoms with Crippen molar-refractivity contribution in [1.82, 2.24) is 15.2 Å². The van der Waals surface area contributed by atoms with Gasteiger partial charge in [0, 0.05) is 44.5 Å².